The number of halogens is 2. The van der Waals surface area contributed by atoms with Crippen molar-refractivity contribution in [1.29, 1.82) is 0 Å². The number of anilines is 2. The molecule has 0 spiro atoms. The average molecular weight is 556 g/mol. The first-order valence-corrected chi connectivity index (χ1v) is 14.1. The van der Waals surface area contributed by atoms with Crippen LogP contribution < -0.4 is 15.5 Å². The van der Waals surface area contributed by atoms with E-state index in [0.717, 1.165) is 31.3 Å². The molecule has 3 heterocycles. The van der Waals surface area contributed by atoms with Crippen LogP contribution in [0.1, 0.15) is 58.7 Å². The number of hydrogen-bond acceptors (Lipinski definition) is 8. The van der Waals surface area contributed by atoms with Gasteiger partial charge in [-0.1, -0.05) is 12.1 Å². The van der Waals surface area contributed by atoms with Gasteiger partial charge in [-0.15, -0.1) is 0 Å². The second-order valence-corrected chi connectivity index (χ2v) is 11.0. The molecule has 2 aromatic heterocycles. The van der Waals surface area contributed by atoms with Crippen LogP contribution in [0.2, 0.25) is 0 Å². The lowest BCUT2D eigenvalue weighted by atomic mass is 9.85. The Hall–Kier alpha value is -3.31. The van der Waals surface area contributed by atoms with Crippen molar-refractivity contribution in [2.45, 2.75) is 71.0 Å². The Bertz CT molecular complexity index is 1320. The zero-order chi connectivity index (χ0) is 28.2. The molecule has 3 N–H and O–H groups in total. The second kappa shape index (κ2) is 12.5. The number of alkyl halides is 2. The van der Waals surface area contributed by atoms with Crippen molar-refractivity contribution in [2.75, 3.05) is 36.5 Å². The predicted molar refractivity (Wildman–Crippen MR) is 152 cm³/mol. The summed E-state index contributed by atoms with van der Waals surface area (Å²) in [5.74, 6) is 1.58. The van der Waals surface area contributed by atoms with E-state index >= 15 is 0 Å². The minimum atomic E-state index is -2.76. The molecule has 40 heavy (non-hydrogen) atoms. The van der Waals surface area contributed by atoms with Gasteiger partial charge in [0.1, 0.15) is 11.6 Å². The molecule has 1 saturated carbocycles. The van der Waals surface area contributed by atoms with E-state index in [-0.39, 0.29) is 17.9 Å². The number of morpholine rings is 1. The van der Waals surface area contributed by atoms with Gasteiger partial charge in [0, 0.05) is 31.2 Å². The maximum atomic E-state index is 14.1. The molecule has 1 saturated heterocycles. The molecular weight excluding hydrogens is 516 g/mol. The first kappa shape index (κ1) is 28.2. The van der Waals surface area contributed by atoms with E-state index in [0.29, 0.717) is 66.9 Å². The van der Waals surface area contributed by atoms with Gasteiger partial charge < -0.3 is 25.4 Å². The van der Waals surface area contributed by atoms with E-state index in [2.05, 4.69) is 34.4 Å². The highest BCUT2D eigenvalue weighted by molar-refractivity contribution is 5.78. The van der Waals surface area contributed by atoms with Crippen LogP contribution in [0, 0.1) is 5.92 Å². The fourth-order valence-corrected chi connectivity index (χ4v) is 5.63. The molecule has 216 valence electrons. The van der Waals surface area contributed by atoms with Crippen molar-refractivity contribution in [2.24, 2.45) is 5.92 Å². The Morgan fingerprint density at radius 1 is 1.15 bits per heavy atom. The van der Waals surface area contributed by atoms with Crippen LogP contribution in [0.15, 0.2) is 42.2 Å². The molecule has 1 aliphatic carbocycles. The highest BCUT2D eigenvalue weighted by Crippen LogP contribution is 2.30. The standard InChI is InChI=1S/C29H39F2N7O2/c1-18(16-39)20(3)33-22-10-8-21(9-11-22)15-32-29-35-25(37-12-13-40-17-19(37)2)14-26(36-29)38-24-7-5-4-6-23(24)34-28(38)27(30)31/h4-7,14,16,19-22,27,33,39H,8-13,15,17H2,1-3H3,(H,32,35,36)/b18-16+/t19-,20?,21?,22?/m0/s1. The topological polar surface area (TPSA) is 100 Å². The molecule has 2 fully saturated rings. The van der Waals surface area contributed by atoms with Crippen molar-refractivity contribution in [3.05, 3.63) is 48.0 Å². The number of para-hydroxylation sites is 2. The zero-order valence-corrected chi connectivity index (χ0v) is 23.4. The number of fused-ring (bicyclic) bond motifs is 1. The summed E-state index contributed by atoms with van der Waals surface area (Å²) in [5, 5.41) is 16.3. The molecule has 5 rings (SSSR count). The second-order valence-electron chi connectivity index (χ2n) is 11.0. The Balaban J connectivity index is 1.38. The Morgan fingerprint density at radius 3 is 2.62 bits per heavy atom. The predicted octanol–water partition coefficient (Wildman–Crippen LogP) is 5.39. The summed E-state index contributed by atoms with van der Waals surface area (Å²) in [5.41, 5.74) is 2.00. The third-order valence-electron chi connectivity index (χ3n) is 8.14. The van der Waals surface area contributed by atoms with E-state index in [1.807, 2.05) is 13.0 Å². The van der Waals surface area contributed by atoms with Crippen LogP contribution in [-0.2, 0) is 4.74 Å². The number of rotatable bonds is 9. The summed E-state index contributed by atoms with van der Waals surface area (Å²) in [6.07, 6.45) is 2.61. The van der Waals surface area contributed by atoms with Crippen molar-refractivity contribution in [3.8, 4) is 5.82 Å². The molecule has 1 aromatic carbocycles. The van der Waals surface area contributed by atoms with Crippen LogP contribution in [0.3, 0.4) is 0 Å². The number of nitrogens with zero attached hydrogens (tertiary/aromatic N) is 5. The highest BCUT2D eigenvalue weighted by Gasteiger charge is 2.26. The molecule has 11 heteroatoms. The molecule has 0 amide bonds. The number of aliphatic hydroxyl groups is 1. The Morgan fingerprint density at radius 2 is 1.90 bits per heavy atom. The van der Waals surface area contributed by atoms with Gasteiger partial charge >= 0.3 is 0 Å². The molecule has 1 unspecified atom stereocenters. The molecule has 2 atom stereocenters. The Kier molecular flexibility index (Phi) is 8.80. The van der Waals surface area contributed by atoms with E-state index < -0.39 is 6.43 Å². The van der Waals surface area contributed by atoms with Gasteiger partial charge in [-0.2, -0.15) is 9.97 Å². The number of benzene rings is 1. The largest absolute Gasteiger partial charge is 0.516 e. The van der Waals surface area contributed by atoms with E-state index in [4.69, 9.17) is 14.7 Å². The third kappa shape index (κ3) is 6.20. The summed E-state index contributed by atoms with van der Waals surface area (Å²) < 4.78 is 35.4. The fraction of sp³-hybridized carbons (Fsp3) is 0.552. The number of aromatic nitrogens is 4. The highest BCUT2D eigenvalue weighted by atomic mass is 19.3. The van der Waals surface area contributed by atoms with E-state index in [1.54, 1.807) is 24.3 Å². The van der Waals surface area contributed by atoms with Crippen molar-refractivity contribution < 1.29 is 18.6 Å². The minimum absolute atomic E-state index is 0.0907. The monoisotopic (exact) mass is 555 g/mol. The quantitative estimate of drug-likeness (QED) is 0.302. The first-order chi connectivity index (χ1) is 19.3. The maximum Gasteiger partial charge on any atom is 0.296 e. The summed E-state index contributed by atoms with van der Waals surface area (Å²) in [6, 6.07) is 9.53. The normalized spacial score (nSPS) is 23.1. The summed E-state index contributed by atoms with van der Waals surface area (Å²) in [6.45, 7) is 8.56. The third-order valence-corrected chi connectivity index (χ3v) is 8.14. The molecule has 2 aliphatic rings. The van der Waals surface area contributed by atoms with Gasteiger partial charge in [0.25, 0.3) is 6.43 Å². The van der Waals surface area contributed by atoms with Crippen molar-refractivity contribution in [3.63, 3.8) is 0 Å². The molecule has 9 nitrogen and oxygen atoms in total. The SMILES string of the molecule is C/C(=C\O)C(C)NC1CCC(CNc2nc(N3CCOC[C@@H]3C)cc(-n3c(C(F)F)nc4ccccc43)n2)CC1. The summed E-state index contributed by atoms with van der Waals surface area (Å²) >= 11 is 0. The number of nitrogens with one attached hydrogen (secondary N) is 2. The van der Waals surface area contributed by atoms with Gasteiger partial charge in [0.05, 0.1) is 36.6 Å². The van der Waals surface area contributed by atoms with E-state index in [9.17, 15) is 13.9 Å². The Labute approximate surface area is 233 Å². The minimum Gasteiger partial charge on any atom is -0.516 e. The van der Waals surface area contributed by atoms with Crippen LogP contribution in [0.4, 0.5) is 20.5 Å². The van der Waals surface area contributed by atoms with Crippen molar-refractivity contribution in [1.82, 2.24) is 24.8 Å². The first-order valence-electron chi connectivity index (χ1n) is 14.1. The van der Waals surface area contributed by atoms with Gasteiger partial charge in [-0.3, -0.25) is 4.57 Å². The summed E-state index contributed by atoms with van der Waals surface area (Å²) in [7, 11) is 0. The fourth-order valence-electron chi connectivity index (χ4n) is 5.63. The van der Waals surface area contributed by atoms with Crippen LogP contribution >= 0.6 is 0 Å². The lowest BCUT2D eigenvalue weighted by Crippen LogP contribution is -2.44. The smallest absolute Gasteiger partial charge is 0.296 e. The lowest BCUT2D eigenvalue weighted by molar-refractivity contribution is 0.0985. The number of ether oxygens (including phenoxy) is 1. The average Bonchev–Trinajstić information content (AvgIpc) is 3.37. The lowest BCUT2D eigenvalue weighted by Gasteiger charge is -2.34. The van der Waals surface area contributed by atoms with Gasteiger partial charge in [0.2, 0.25) is 5.95 Å². The molecule has 0 radical (unpaired) electrons. The van der Waals surface area contributed by atoms with Crippen molar-refractivity contribution >= 4 is 22.8 Å². The van der Waals surface area contributed by atoms with Crippen LogP contribution in [0.5, 0.6) is 0 Å². The summed E-state index contributed by atoms with van der Waals surface area (Å²) in [4.78, 5) is 15.9. The van der Waals surface area contributed by atoms with Gasteiger partial charge in [-0.25, -0.2) is 13.8 Å². The zero-order valence-electron chi connectivity index (χ0n) is 23.4. The van der Waals surface area contributed by atoms with Gasteiger partial charge in [0.15, 0.2) is 5.82 Å². The molecule has 0 bridgehead atoms. The van der Waals surface area contributed by atoms with E-state index in [1.165, 1.54) is 10.8 Å². The van der Waals surface area contributed by atoms with Crippen LogP contribution in [0.25, 0.3) is 16.9 Å². The number of imidazole rings is 1. The van der Waals surface area contributed by atoms with Gasteiger partial charge in [-0.05, 0) is 70.1 Å². The molecular formula is C29H39F2N7O2. The number of aliphatic hydroxyl groups excluding tert-OH is 1. The molecule has 1 aliphatic heterocycles. The number of hydrogen-bond donors (Lipinski definition) is 3. The molecule has 3 aromatic rings. The van der Waals surface area contributed by atoms with Crippen LogP contribution in [-0.4, -0.2) is 69.1 Å². The maximum absolute atomic E-state index is 14.1.